The Morgan fingerprint density at radius 2 is 1.79 bits per heavy atom. The summed E-state index contributed by atoms with van der Waals surface area (Å²) < 4.78 is 5.14. The number of amides is 2. The molecule has 0 aromatic heterocycles. The van der Waals surface area contributed by atoms with Crippen LogP contribution < -0.4 is 15.4 Å². The molecule has 2 aromatic carbocycles. The zero-order chi connectivity index (χ0) is 20.4. The van der Waals surface area contributed by atoms with Crippen LogP contribution >= 0.6 is 0 Å². The number of carbonyl (C=O) groups is 2. The number of nitriles is 1. The summed E-state index contributed by atoms with van der Waals surface area (Å²) in [5, 5.41) is 14.4. The number of benzene rings is 2. The second kappa shape index (κ2) is 10.7. The zero-order valence-corrected chi connectivity index (χ0v) is 16.1. The van der Waals surface area contributed by atoms with Crippen LogP contribution in [0.3, 0.4) is 0 Å². The molecule has 2 aromatic rings. The van der Waals surface area contributed by atoms with E-state index in [4.69, 9.17) is 10.00 Å². The summed E-state index contributed by atoms with van der Waals surface area (Å²) in [7, 11) is 1.57. The van der Waals surface area contributed by atoms with Crippen LogP contribution in [0.2, 0.25) is 0 Å². The van der Waals surface area contributed by atoms with Crippen LogP contribution in [0.25, 0.3) is 0 Å². The van der Waals surface area contributed by atoms with Gasteiger partial charge in [-0.25, -0.2) is 0 Å². The third-order valence-corrected chi connectivity index (χ3v) is 4.12. The van der Waals surface area contributed by atoms with E-state index < -0.39 is 0 Å². The highest BCUT2D eigenvalue weighted by atomic mass is 16.5. The van der Waals surface area contributed by atoms with Gasteiger partial charge in [-0.3, -0.25) is 14.5 Å². The van der Waals surface area contributed by atoms with E-state index in [2.05, 4.69) is 10.6 Å². The van der Waals surface area contributed by atoms with Gasteiger partial charge in [0.2, 0.25) is 11.8 Å². The van der Waals surface area contributed by atoms with E-state index in [1.165, 1.54) is 0 Å². The van der Waals surface area contributed by atoms with E-state index >= 15 is 0 Å². The minimum atomic E-state index is -0.150. The monoisotopic (exact) mass is 380 g/mol. The maximum absolute atomic E-state index is 12.3. The zero-order valence-electron chi connectivity index (χ0n) is 16.1. The van der Waals surface area contributed by atoms with Crippen molar-refractivity contribution in [1.29, 1.82) is 5.26 Å². The van der Waals surface area contributed by atoms with Crippen molar-refractivity contribution in [3.8, 4) is 11.8 Å². The van der Waals surface area contributed by atoms with Crippen molar-refractivity contribution in [3.63, 3.8) is 0 Å². The van der Waals surface area contributed by atoms with Gasteiger partial charge in [0.05, 0.1) is 25.3 Å². The number of nitrogens with one attached hydrogen (secondary N) is 2. The Morgan fingerprint density at radius 1 is 1.07 bits per heavy atom. The minimum Gasteiger partial charge on any atom is -0.497 e. The molecule has 146 valence electrons. The summed E-state index contributed by atoms with van der Waals surface area (Å²) in [6, 6.07) is 15.9. The average Bonchev–Trinajstić information content (AvgIpc) is 2.71. The number of likely N-dealkylation sites (N-methyl/N-ethyl adjacent to an activating group) is 1. The highest BCUT2D eigenvalue weighted by molar-refractivity contribution is 5.93. The molecule has 0 aliphatic heterocycles. The van der Waals surface area contributed by atoms with Gasteiger partial charge in [0.25, 0.3) is 0 Å². The van der Waals surface area contributed by atoms with Gasteiger partial charge in [0.15, 0.2) is 0 Å². The van der Waals surface area contributed by atoms with Gasteiger partial charge in [-0.15, -0.1) is 0 Å². The molecule has 0 aliphatic rings. The maximum Gasteiger partial charge on any atom is 0.238 e. The fourth-order valence-electron chi connectivity index (χ4n) is 2.56. The number of ether oxygens (including phenoxy) is 1. The van der Waals surface area contributed by atoms with Crippen LogP contribution in [0, 0.1) is 11.3 Å². The van der Waals surface area contributed by atoms with Crippen LogP contribution in [0.15, 0.2) is 48.5 Å². The SMILES string of the molecule is CCN(CCC(=O)Nc1ccc(C#N)cc1)CC(=O)Nc1cccc(OC)c1. The topological polar surface area (TPSA) is 94.5 Å². The van der Waals surface area contributed by atoms with Crippen molar-refractivity contribution in [2.24, 2.45) is 0 Å². The molecule has 2 amide bonds. The molecule has 7 heteroatoms. The molecule has 2 N–H and O–H groups in total. The molecule has 0 saturated heterocycles. The molecule has 0 aliphatic carbocycles. The molecular formula is C21H24N4O3. The first kappa shape index (κ1) is 20.9. The van der Waals surface area contributed by atoms with E-state index in [1.807, 2.05) is 17.9 Å². The second-order valence-corrected chi connectivity index (χ2v) is 6.14. The summed E-state index contributed by atoms with van der Waals surface area (Å²) in [6.07, 6.45) is 0.264. The van der Waals surface area contributed by atoms with E-state index in [0.717, 1.165) is 0 Å². The van der Waals surface area contributed by atoms with Crippen LogP contribution in [0.4, 0.5) is 11.4 Å². The maximum atomic E-state index is 12.3. The third kappa shape index (κ3) is 6.74. The van der Waals surface area contributed by atoms with E-state index in [0.29, 0.717) is 35.8 Å². The number of rotatable bonds is 9. The quantitative estimate of drug-likeness (QED) is 0.698. The minimum absolute atomic E-state index is 0.142. The van der Waals surface area contributed by atoms with Crippen molar-refractivity contribution in [2.45, 2.75) is 13.3 Å². The molecule has 0 unspecified atom stereocenters. The molecule has 7 nitrogen and oxygen atoms in total. The molecule has 0 radical (unpaired) electrons. The summed E-state index contributed by atoms with van der Waals surface area (Å²) in [6.45, 7) is 3.25. The van der Waals surface area contributed by atoms with Crippen molar-refractivity contribution in [3.05, 3.63) is 54.1 Å². The molecular weight excluding hydrogens is 356 g/mol. The Kier molecular flexibility index (Phi) is 8.00. The smallest absolute Gasteiger partial charge is 0.238 e. The van der Waals surface area contributed by atoms with Crippen LogP contribution in [-0.2, 0) is 9.59 Å². The largest absolute Gasteiger partial charge is 0.497 e. The first-order valence-electron chi connectivity index (χ1n) is 9.00. The number of anilines is 2. The normalized spacial score (nSPS) is 10.2. The molecule has 0 heterocycles. The van der Waals surface area contributed by atoms with Crippen LogP contribution in [0.5, 0.6) is 5.75 Å². The molecule has 0 fully saturated rings. The highest BCUT2D eigenvalue weighted by Gasteiger charge is 2.12. The Bertz CT molecular complexity index is 843. The molecule has 0 spiro atoms. The number of hydrogen-bond donors (Lipinski definition) is 2. The lowest BCUT2D eigenvalue weighted by Gasteiger charge is -2.19. The predicted octanol–water partition coefficient (Wildman–Crippen LogP) is 2.86. The van der Waals surface area contributed by atoms with Crippen molar-refractivity contribution in [2.75, 3.05) is 37.4 Å². The molecule has 0 bridgehead atoms. The summed E-state index contributed by atoms with van der Waals surface area (Å²) in [5.74, 6) is 0.378. The highest BCUT2D eigenvalue weighted by Crippen LogP contribution is 2.16. The van der Waals surface area contributed by atoms with Crippen LogP contribution in [-0.4, -0.2) is 43.5 Å². The first-order valence-corrected chi connectivity index (χ1v) is 9.00. The standard InChI is InChI=1S/C21H24N4O3/c1-3-25(15-21(27)24-18-5-4-6-19(13-18)28-2)12-11-20(26)23-17-9-7-16(14-22)8-10-17/h4-10,13H,3,11-12,15H2,1-2H3,(H,23,26)(H,24,27). The van der Waals surface area contributed by atoms with Gasteiger partial charge in [-0.1, -0.05) is 13.0 Å². The lowest BCUT2D eigenvalue weighted by atomic mass is 10.2. The lowest BCUT2D eigenvalue weighted by molar-refractivity contribution is -0.119. The van der Waals surface area contributed by atoms with Crippen molar-refractivity contribution >= 4 is 23.2 Å². The van der Waals surface area contributed by atoms with Crippen molar-refractivity contribution < 1.29 is 14.3 Å². The van der Waals surface area contributed by atoms with E-state index in [1.54, 1.807) is 55.6 Å². The Balaban J connectivity index is 1.79. The predicted molar refractivity (Wildman–Crippen MR) is 108 cm³/mol. The van der Waals surface area contributed by atoms with E-state index in [-0.39, 0.29) is 24.8 Å². The molecule has 28 heavy (non-hydrogen) atoms. The summed E-state index contributed by atoms with van der Waals surface area (Å²) in [4.78, 5) is 26.3. The van der Waals surface area contributed by atoms with Crippen LogP contribution in [0.1, 0.15) is 18.9 Å². The van der Waals surface area contributed by atoms with E-state index in [9.17, 15) is 9.59 Å². The number of nitrogens with zero attached hydrogens (tertiary/aromatic N) is 2. The first-order chi connectivity index (χ1) is 13.5. The average molecular weight is 380 g/mol. The van der Waals surface area contributed by atoms with Gasteiger partial charge in [-0.05, 0) is 42.9 Å². The van der Waals surface area contributed by atoms with Gasteiger partial charge < -0.3 is 15.4 Å². The van der Waals surface area contributed by atoms with Gasteiger partial charge in [-0.2, -0.15) is 5.26 Å². The van der Waals surface area contributed by atoms with Gasteiger partial charge >= 0.3 is 0 Å². The number of methoxy groups -OCH3 is 1. The summed E-state index contributed by atoms with van der Waals surface area (Å²) >= 11 is 0. The lowest BCUT2D eigenvalue weighted by Crippen LogP contribution is -2.35. The fourth-order valence-corrected chi connectivity index (χ4v) is 2.56. The Labute approximate surface area is 164 Å². The number of carbonyl (C=O) groups excluding carboxylic acids is 2. The molecule has 0 atom stereocenters. The van der Waals surface area contributed by atoms with Gasteiger partial charge in [0.1, 0.15) is 5.75 Å². The Morgan fingerprint density at radius 3 is 2.43 bits per heavy atom. The summed E-state index contributed by atoms with van der Waals surface area (Å²) in [5.41, 5.74) is 1.85. The van der Waals surface area contributed by atoms with Crippen molar-refractivity contribution in [1.82, 2.24) is 4.90 Å². The second-order valence-electron chi connectivity index (χ2n) is 6.14. The molecule has 0 saturated carbocycles. The fraction of sp³-hybridized carbons (Fsp3) is 0.286. The third-order valence-electron chi connectivity index (χ3n) is 4.12. The molecule has 2 rings (SSSR count). The van der Waals surface area contributed by atoms with Gasteiger partial charge in [0, 0.05) is 30.4 Å². The Hall–Kier alpha value is -3.37. The number of hydrogen-bond acceptors (Lipinski definition) is 5.